The Morgan fingerprint density at radius 1 is 1.39 bits per heavy atom. The number of hydrogen-bond donors (Lipinski definition) is 4. The second kappa shape index (κ2) is 4.86. The largest absolute Gasteiger partial charge is 0.397 e. The second-order valence-electron chi connectivity index (χ2n) is 4.95. The third-order valence-corrected chi connectivity index (χ3v) is 3.48. The molecule has 5 nitrogen and oxygen atoms in total. The van der Waals surface area contributed by atoms with Gasteiger partial charge in [0.25, 0.3) is 0 Å². The van der Waals surface area contributed by atoms with Crippen LogP contribution in [0.4, 0.5) is 11.4 Å². The van der Waals surface area contributed by atoms with Gasteiger partial charge in [0, 0.05) is 12.1 Å². The molecule has 0 spiro atoms. The molecule has 1 saturated carbocycles. The van der Waals surface area contributed by atoms with Crippen LogP contribution in [0.3, 0.4) is 0 Å². The van der Waals surface area contributed by atoms with Gasteiger partial charge in [0.15, 0.2) is 0 Å². The molecule has 18 heavy (non-hydrogen) atoms. The number of hydrogen-bond acceptors (Lipinski definition) is 4. The van der Waals surface area contributed by atoms with Gasteiger partial charge in [-0.2, -0.15) is 0 Å². The SMILES string of the molecule is NC(=O)c1ccc(NCC2(O)CCCC2)c(N)c1. The molecule has 0 bridgehead atoms. The first-order valence-electron chi connectivity index (χ1n) is 6.16. The van der Waals surface area contributed by atoms with E-state index in [1.165, 1.54) is 0 Å². The van der Waals surface area contributed by atoms with Crippen molar-refractivity contribution < 1.29 is 9.90 Å². The lowest BCUT2D eigenvalue weighted by Gasteiger charge is -2.23. The monoisotopic (exact) mass is 249 g/mol. The van der Waals surface area contributed by atoms with Crippen molar-refractivity contribution in [3.8, 4) is 0 Å². The first kappa shape index (κ1) is 12.7. The van der Waals surface area contributed by atoms with E-state index in [-0.39, 0.29) is 0 Å². The molecule has 1 amide bonds. The molecule has 0 radical (unpaired) electrons. The van der Waals surface area contributed by atoms with Crippen molar-refractivity contribution in [2.24, 2.45) is 5.73 Å². The van der Waals surface area contributed by atoms with Crippen LogP contribution in [-0.2, 0) is 0 Å². The number of carbonyl (C=O) groups is 1. The van der Waals surface area contributed by atoms with Crippen molar-refractivity contribution in [2.45, 2.75) is 31.3 Å². The summed E-state index contributed by atoms with van der Waals surface area (Å²) < 4.78 is 0. The van der Waals surface area contributed by atoms with Crippen LogP contribution in [0.5, 0.6) is 0 Å². The highest BCUT2D eigenvalue weighted by Gasteiger charge is 2.30. The normalized spacial score (nSPS) is 17.6. The number of rotatable bonds is 4. The van der Waals surface area contributed by atoms with Crippen molar-refractivity contribution >= 4 is 17.3 Å². The van der Waals surface area contributed by atoms with E-state index in [1.807, 2.05) is 0 Å². The van der Waals surface area contributed by atoms with Gasteiger partial charge in [0.05, 0.1) is 17.0 Å². The molecule has 98 valence electrons. The Kier molecular flexibility index (Phi) is 3.43. The van der Waals surface area contributed by atoms with Crippen LogP contribution < -0.4 is 16.8 Å². The predicted molar refractivity (Wildman–Crippen MR) is 71.3 cm³/mol. The predicted octanol–water partition coefficient (Wildman–Crippen LogP) is 1.08. The van der Waals surface area contributed by atoms with Gasteiger partial charge in [-0.1, -0.05) is 12.8 Å². The summed E-state index contributed by atoms with van der Waals surface area (Å²) >= 11 is 0. The molecular formula is C13H19N3O2. The summed E-state index contributed by atoms with van der Waals surface area (Å²) in [7, 11) is 0. The van der Waals surface area contributed by atoms with Crippen molar-refractivity contribution in [3.05, 3.63) is 23.8 Å². The molecule has 1 aromatic carbocycles. The van der Waals surface area contributed by atoms with Gasteiger partial charge in [-0.3, -0.25) is 4.79 Å². The third kappa shape index (κ3) is 2.73. The van der Waals surface area contributed by atoms with Gasteiger partial charge in [0.2, 0.25) is 5.91 Å². The Morgan fingerprint density at radius 2 is 2.06 bits per heavy atom. The van der Waals surface area contributed by atoms with Gasteiger partial charge in [-0.05, 0) is 31.0 Å². The van der Waals surface area contributed by atoms with Crippen molar-refractivity contribution in [1.82, 2.24) is 0 Å². The Morgan fingerprint density at radius 3 is 2.61 bits per heavy atom. The van der Waals surface area contributed by atoms with Gasteiger partial charge in [0.1, 0.15) is 0 Å². The fraction of sp³-hybridized carbons (Fsp3) is 0.462. The minimum Gasteiger partial charge on any atom is -0.397 e. The molecule has 1 aliphatic rings. The average molecular weight is 249 g/mol. The molecule has 1 aliphatic carbocycles. The maximum atomic E-state index is 11.0. The van der Waals surface area contributed by atoms with Crippen LogP contribution in [0.25, 0.3) is 0 Å². The number of primary amides is 1. The summed E-state index contributed by atoms with van der Waals surface area (Å²) in [5.41, 5.74) is 12.0. The molecule has 0 aromatic heterocycles. The molecular weight excluding hydrogens is 230 g/mol. The van der Waals surface area contributed by atoms with E-state index in [1.54, 1.807) is 18.2 Å². The first-order valence-corrected chi connectivity index (χ1v) is 6.16. The lowest BCUT2D eigenvalue weighted by atomic mass is 10.0. The zero-order valence-electron chi connectivity index (χ0n) is 10.3. The summed E-state index contributed by atoms with van der Waals surface area (Å²) in [5, 5.41) is 13.3. The van der Waals surface area contributed by atoms with E-state index in [2.05, 4.69) is 5.32 Å². The lowest BCUT2D eigenvalue weighted by molar-refractivity contribution is 0.0615. The van der Waals surface area contributed by atoms with Gasteiger partial charge in [-0.25, -0.2) is 0 Å². The Balaban J connectivity index is 2.03. The first-order chi connectivity index (χ1) is 8.50. The zero-order chi connectivity index (χ0) is 13.2. The van der Waals surface area contributed by atoms with Gasteiger partial charge in [-0.15, -0.1) is 0 Å². The maximum absolute atomic E-state index is 11.0. The van der Waals surface area contributed by atoms with Crippen LogP contribution in [-0.4, -0.2) is 23.2 Å². The van der Waals surface area contributed by atoms with E-state index in [0.29, 0.717) is 17.8 Å². The van der Waals surface area contributed by atoms with E-state index < -0.39 is 11.5 Å². The number of benzene rings is 1. The van der Waals surface area contributed by atoms with Crippen LogP contribution in [0, 0.1) is 0 Å². The number of carbonyl (C=O) groups excluding carboxylic acids is 1. The zero-order valence-corrected chi connectivity index (χ0v) is 10.3. The molecule has 0 unspecified atom stereocenters. The highest BCUT2D eigenvalue weighted by molar-refractivity contribution is 5.94. The number of nitrogen functional groups attached to an aromatic ring is 1. The smallest absolute Gasteiger partial charge is 0.248 e. The number of amides is 1. The summed E-state index contributed by atoms with van der Waals surface area (Å²) in [4.78, 5) is 11.0. The topological polar surface area (TPSA) is 101 Å². The molecule has 0 heterocycles. The summed E-state index contributed by atoms with van der Waals surface area (Å²) in [5.74, 6) is -0.498. The fourth-order valence-electron chi connectivity index (χ4n) is 2.35. The molecule has 5 heteroatoms. The number of nitrogens with one attached hydrogen (secondary N) is 1. The van der Waals surface area contributed by atoms with Gasteiger partial charge < -0.3 is 21.9 Å². The Bertz CT molecular complexity index is 454. The van der Waals surface area contributed by atoms with E-state index in [0.717, 1.165) is 31.4 Å². The Hall–Kier alpha value is -1.75. The molecule has 1 fully saturated rings. The third-order valence-electron chi connectivity index (χ3n) is 3.48. The highest BCUT2D eigenvalue weighted by atomic mass is 16.3. The van der Waals surface area contributed by atoms with Crippen molar-refractivity contribution in [3.63, 3.8) is 0 Å². The number of anilines is 2. The molecule has 0 atom stereocenters. The molecule has 1 aromatic rings. The van der Waals surface area contributed by atoms with E-state index in [9.17, 15) is 9.90 Å². The van der Waals surface area contributed by atoms with Crippen molar-refractivity contribution in [2.75, 3.05) is 17.6 Å². The van der Waals surface area contributed by atoms with E-state index in [4.69, 9.17) is 11.5 Å². The number of nitrogens with two attached hydrogens (primary N) is 2. The van der Waals surface area contributed by atoms with E-state index >= 15 is 0 Å². The molecule has 2 rings (SSSR count). The maximum Gasteiger partial charge on any atom is 0.248 e. The molecule has 0 aliphatic heterocycles. The molecule has 0 saturated heterocycles. The standard InChI is InChI=1S/C13H19N3O2/c14-10-7-9(12(15)17)3-4-11(10)16-8-13(18)5-1-2-6-13/h3-4,7,16,18H,1-2,5-6,8,14H2,(H2,15,17). The van der Waals surface area contributed by atoms with Crippen LogP contribution in [0.2, 0.25) is 0 Å². The summed E-state index contributed by atoms with van der Waals surface area (Å²) in [6.07, 6.45) is 3.76. The highest BCUT2D eigenvalue weighted by Crippen LogP contribution is 2.30. The minimum absolute atomic E-state index is 0.387. The van der Waals surface area contributed by atoms with Gasteiger partial charge >= 0.3 is 0 Å². The van der Waals surface area contributed by atoms with Crippen molar-refractivity contribution in [1.29, 1.82) is 0 Å². The van der Waals surface area contributed by atoms with Crippen LogP contribution >= 0.6 is 0 Å². The minimum atomic E-state index is -0.630. The fourth-order valence-corrected chi connectivity index (χ4v) is 2.35. The van der Waals surface area contributed by atoms with Crippen LogP contribution in [0.15, 0.2) is 18.2 Å². The quantitative estimate of drug-likeness (QED) is 0.600. The average Bonchev–Trinajstić information content (AvgIpc) is 2.75. The number of aliphatic hydroxyl groups is 1. The summed E-state index contributed by atoms with van der Waals surface area (Å²) in [6.45, 7) is 0.479. The lowest BCUT2D eigenvalue weighted by Crippen LogP contribution is -2.33. The summed E-state index contributed by atoms with van der Waals surface area (Å²) in [6, 6.07) is 4.89. The second-order valence-corrected chi connectivity index (χ2v) is 4.95. The van der Waals surface area contributed by atoms with Crippen LogP contribution in [0.1, 0.15) is 36.0 Å². The Labute approximate surface area is 106 Å². The molecule has 6 N–H and O–H groups in total.